The zero-order valence-corrected chi connectivity index (χ0v) is 20.9. The maximum absolute atomic E-state index is 12.6. The van der Waals surface area contributed by atoms with Crippen LogP contribution in [-0.4, -0.2) is 48.9 Å². The number of pyridine rings is 1. The van der Waals surface area contributed by atoms with Crippen molar-refractivity contribution in [2.45, 2.75) is 44.4 Å². The molecule has 1 fully saturated rings. The first kappa shape index (κ1) is 24.1. The first-order valence-electron chi connectivity index (χ1n) is 12.6. The smallest absolute Gasteiger partial charge is 0.163 e. The van der Waals surface area contributed by atoms with Gasteiger partial charge >= 0.3 is 0 Å². The van der Waals surface area contributed by atoms with Crippen molar-refractivity contribution in [1.82, 2.24) is 29.4 Å². The number of ether oxygens (including phenoxy) is 1. The van der Waals surface area contributed by atoms with E-state index in [-0.39, 0.29) is 5.92 Å². The Labute approximate surface area is 211 Å². The van der Waals surface area contributed by atoms with Crippen LogP contribution < -0.4 is 0 Å². The molecule has 4 aromatic rings. The predicted molar refractivity (Wildman–Crippen MR) is 139 cm³/mol. The molecule has 0 N–H and O–H groups in total. The van der Waals surface area contributed by atoms with E-state index in [1.165, 1.54) is 0 Å². The summed E-state index contributed by atoms with van der Waals surface area (Å²) >= 11 is 0. The second kappa shape index (κ2) is 10.5. The lowest BCUT2D eigenvalue weighted by Crippen LogP contribution is -2.22. The van der Waals surface area contributed by atoms with Crippen molar-refractivity contribution in [1.29, 1.82) is 0 Å². The zero-order chi connectivity index (χ0) is 25.1. The standard InChI is InChI=1S/C28H32N6O2/c1-4-19-18-34-28(31-27(19)21-9-7-20(8-10-21)26(35)6-5-15-36-3)23(17-30-34)22-11-12-24(29-16-22)25-13-14-33(2)32-25/h4,11-14,16-18,20-21H,1,5-10,15H2,2-3H3. The highest BCUT2D eigenvalue weighted by Crippen LogP contribution is 2.38. The highest BCUT2D eigenvalue weighted by atomic mass is 16.5. The topological polar surface area (TPSA) is 87.2 Å². The van der Waals surface area contributed by atoms with E-state index >= 15 is 0 Å². The summed E-state index contributed by atoms with van der Waals surface area (Å²) in [7, 11) is 3.57. The van der Waals surface area contributed by atoms with Crippen LogP contribution in [0.2, 0.25) is 0 Å². The molecule has 0 aliphatic heterocycles. The third-order valence-corrected chi connectivity index (χ3v) is 7.16. The van der Waals surface area contributed by atoms with Crippen LogP contribution in [0, 0.1) is 5.92 Å². The number of carbonyl (C=O) groups excluding carboxylic acids is 1. The fraction of sp³-hybridized carbons (Fsp3) is 0.393. The van der Waals surface area contributed by atoms with Crippen molar-refractivity contribution < 1.29 is 9.53 Å². The van der Waals surface area contributed by atoms with Gasteiger partial charge in [-0.15, -0.1) is 0 Å². The summed E-state index contributed by atoms with van der Waals surface area (Å²) in [6.07, 6.45) is 14.6. The molecule has 0 atom stereocenters. The van der Waals surface area contributed by atoms with Gasteiger partial charge in [-0.2, -0.15) is 10.2 Å². The second-order valence-electron chi connectivity index (χ2n) is 9.53. The van der Waals surface area contributed by atoms with E-state index in [0.29, 0.717) is 24.7 Å². The van der Waals surface area contributed by atoms with Gasteiger partial charge in [-0.25, -0.2) is 9.50 Å². The number of hydrogen-bond acceptors (Lipinski definition) is 6. The lowest BCUT2D eigenvalue weighted by Gasteiger charge is -2.28. The monoisotopic (exact) mass is 484 g/mol. The molecule has 0 aromatic carbocycles. The van der Waals surface area contributed by atoms with Gasteiger partial charge in [-0.3, -0.25) is 14.5 Å². The Morgan fingerprint density at radius 3 is 2.67 bits per heavy atom. The molecular weight excluding hydrogens is 452 g/mol. The van der Waals surface area contributed by atoms with E-state index in [1.54, 1.807) is 11.8 Å². The van der Waals surface area contributed by atoms with Gasteiger partial charge in [0, 0.05) is 74.3 Å². The minimum Gasteiger partial charge on any atom is -0.385 e. The third-order valence-electron chi connectivity index (χ3n) is 7.16. The van der Waals surface area contributed by atoms with E-state index in [1.807, 2.05) is 60.6 Å². The number of fused-ring (bicyclic) bond motifs is 1. The first-order chi connectivity index (χ1) is 17.6. The molecular formula is C28H32N6O2. The Hall–Kier alpha value is -3.65. The Bertz CT molecular complexity index is 1360. The Kier molecular flexibility index (Phi) is 7.04. The van der Waals surface area contributed by atoms with Gasteiger partial charge in [0.2, 0.25) is 0 Å². The Morgan fingerprint density at radius 2 is 2.00 bits per heavy atom. The molecule has 0 bridgehead atoms. The van der Waals surface area contributed by atoms with E-state index < -0.39 is 0 Å². The lowest BCUT2D eigenvalue weighted by atomic mass is 9.77. The van der Waals surface area contributed by atoms with Crippen molar-refractivity contribution in [2.75, 3.05) is 13.7 Å². The van der Waals surface area contributed by atoms with Crippen LogP contribution in [-0.2, 0) is 16.6 Å². The molecule has 1 aliphatic rings. The molecule has 5 rings (SSSR count). The summed E-state index contributed by atoms with van der Waals surface area (Å²) in [5.41, 5.74) is 6.41. The van der Waals surface area contributed by atoms with Crippen molar-refractivity contribution in [3.05, 3.63) is 60.8 Å². The van der Waals surface area contributed by atoms with Crippen LogP contribution in [0.5, 0.6) is 0 Å². The number of carbonyl (C=O) groups is 1. The van der Waals surface area contributed by atoms with Crippen LogP contribution in [0.25, 0.3) is 34.2 Å². The van der Waals surface area contributed by atoms with Crippen LogP contribution in [0.15, 0.2) is 49.6 Å². The van der Waals surface area contributed by atoms with Gasteiger partial charge in [0.05, 0.1) is 17.6 Å². The average molecular weight is 485 g/mol. The lowest BCUT2D eigenvalue weighted by molar-refractivity contribution is -0.124. The summed E-state index contributed by atoms with van der Waals surface area (Å²) in [5, 5.41) is 8.98. The van der Waals surface area contributed by atoms with E-state index in [4.69, 9.17) is 9.72 Å². The molecule has 0 spiro atoms. The first-order valence-corrected chi connectivity index (χ1v) is 12.6. The predicted octanol–water partition coefficient (Wildman–Crippen LogP) is 5.10. The minimum absolute atomic E-state index is 0.156. The highest BCUT2D eigenvalue weighted by Gasteiger charge is 2.29. The molecule has 1 saturated carbocycles. The quantitative estimate of drug-likeness (QED) is 0.307. The molecule has 186 valence electrons. The third kappa shape index (κ3) is 4.86. The summed E-state index contributed by atoms with van der Waals surface area (Å²) in [6.45, 7) is 4.66. The van der Waals surface area contributed by atoms with Crippen LogP contribution in [0.3, 0.4) is 0 Å². The normalized spacial score (nSPS) is 17.9. The molecule has 4 aromatic heterocycles. The molecule has 4 heterocycles. The van der Waals surface area contributed by atoms with Crippen molar-refractivity contribution >= 4 is 17.5 Å². The summed E-state index contributed by atoms with van der Waals surface area (Å²) in [6, 6.07) is 5.96. The maximum Gasteiger partial charge on any atom is 0.163 e. The number of nitrogens with zero attached hydrogens (tertiary/aromatic N) is 6. The van der Waals surface area contributed by atoms with E-state index in [2.05, 4.69) is 21.8 Å². The second-order valence-corrected chi connectivity index (χ2v) is 9.53. The minimum atomic E-state index is 0.156. The molecule has 0 saturated heterocycles. The van der Waals surface area contributed by atoms with Crippen LogP contribution >= 0.6 is 0 Å². The van der Waals surface area contributed by atoms with Crippen molar-refractivity contribution in [2.24, 2.45) is 13.0 Å². The summed E-state index contributed by atoms with van der Waals surface area (Å²) in [4.78, 5) is 22.3. The molecule has 0 radical (unpaired) electrons. The van der Waals surface area contributed by atoms with Crippen molar-refractivity contribution in [3.63, 3.8) is 0 Å². The van der Waals surface area contributed by atoms with Gasteiger partial charge in [-0.05, 0) is 44.2 Å². The summed E-state index contributed by atoms with van der Waals surface area (Å²) < 4.78 is 8.67. The molecule has 0 unspecified atom stereocenters. The van der Waals surface area contributed by atoms with Crippen LogP contribution in [0.1, 0.15) is 55.7 Å². The fourth-order valence-electron chi connectivity index (χ4n) is 5.17. The number of aryl methyl sites for hydroxylation is 1. The Morgan fingerprint density at radius 1 is 1.17 bits per heavy atom. The largest absolute Gasteiger partial charge is 0.385 e. The van der Waals surface area contributed by atoms with Gasteiger partial charge in [0.15, 0.2) is 5.65 Å². The molecule has 0 amide bonds. The average Bonchev–Trinajstić information content (AvgIpc) is 3.54. The van der Waals surface area contributed by atoms with E-state index in [9.17, 15) is 4.79 Å². The molecule has 8 nitrogen and oxygen atoms in total. The maximum atomic E-state index is 12.6. The van der Waals surface area contributed by atoms with Gasteiger partial charge in [-0.1, -0.05) is 18.7 Å². The number of methoxy groups -OCH3 is 1. The van der Waals surface area contributed by atoms with E-state index in [0.717, 1.165) is 71.5 Å². The number of Topliss-reactive ketones (excluding diaryl/α,β-unsaturated/α-hetero) is 1. The molecule has 8 heteroatoms. The molecule has 36 heavy (non-hydrogen) atoms. The fourth-order valence-corrected chi connectivity index (χ4v) is 5.17. The van der Waals surface area contributed by atoms with Gasteiger partial charge in [0.1, 0.15) is 11.5 Å². The summed E-state index contributed by atoms with van der Waals surface area (Å²) in [5.74, 6) is 0.833. The van der Waals surface area contributed by atoms with Crippen LogP contribution in [0.4, 0.5) is 0 Å². The zero-order valence-electron chi connectivity index (χ0n) is 20.9. The van der Waals surface area contributed by atoms with Crippen molar-refractivity contribution in [3.8, 4) is 22.5 Å². The molecule has 1 aliphatic carbocycles. The highest BCUT2D eigenvalue weighted by molar-refractivity contribution is 5.81. The number of ketones is 1. The Balaban J connectivity index is 1.37. The number of rotatable bonds is 9. The number of hydrogen-bond donors (Lipinski definition) is 0. The van der Waals surface area contributed by atoms with Gasteiger partial charge < -0.3 is 4.74 Å². The number of aromatic nitrogens is 6. The SMILES string of the molecule is C=Cc1cn2ncc(-c3ccc(-c4ccn(C)n4)nc3)c2nc1C1CCC(C(=O)CCCOC)CC1. The van der Waals surface area contributed by atoms with Gasteiger partial charge in [0.25, 0.3) is 0 Å².